The predicted octanol–water partition coefficient (Wildman–Crippen LogP) is 3.36. The summed E-state index contributed by atoms with van der Waals surface area (Å²) in [5, 5.41) is 0.356. The average Bonchev–Trinajstić information content (AvgIpc) is 2.99. The predicted molar refractivity (Wildman–Crippen MR) is 85.5 cm³/mol. The molecule has 0 spiro atoms. The molecule has 1 aliphatic rings. The second-order valence-electron chi connectivity index (χ2n) is 5.13. The minimum Gasteiger partial charge on any atom is -0.329 e. The third-order valence-corrected chi connectivity index (χ3v) is 5.28. The number of carbonyl (C=O) groups excluding carboxylic acids is 3. The molecule has 0 saturated heterocycles. The summed E-state index contributed by atoms with van der Waals surface area (Å²) >= 11 is 0.329. The van der Waals surface area contributed by atoms with E-state index in [1.165, 1.54) is 19.1 Å². The number of thioether (sulfide) groups is 1. The highest BCUT2D eigenvalue weighted by Crippen LogP contribution is 2.39. The molecule has 3 rings (SSSR count). The van der Waals surface area contributed by atoms with E-state index in [0.717, 1.165) is 0 Å². The Hall–Kier alpha value is -2.40. The number of amides is 2. The summed E-state index contributed by atoms with van der Waals surface area (Å²) in [7, 11) is 0. The van der Waals surface area contributed by atoms with Crippen LogP contribution in [0.3, 0.4) is 0 Å². The van der Waals surface area contributed by atoms with E-state index in [4.69, 9.17) is 4.84 Å². The zero-order valence-electron chi connectivity index (χ0n) is 13.0. The molecule has 0 aliphatic carbocycles. The Morgan fingerprint density at radius 1 is 1.23 bits per heavy atom. The van der Waals surface area contributed by atoms with Crippen LogP contribution < -0.4 is 0 Å². The van der Waals surface area contributed by atoms with Gasteiger partial charge in [-0.05, 0) is 19.1 Å². The number of benzene rings is 1. The van der Waals surface area contributed by atoms with Gasteiger partial charge in [0.1, 0.15) is 0 Å². The second kappa shape index (κ2) is 6.72. The van der Waals surface area contributed by atoms with Crippen molar-refractivity contribution < 1.29 is 32.4 Å². The van der Waals surface area contributed by atoms with Crippen LogP contribution in [0, 0.1) is 6.92 Å². The molecule has 11 heteroatoms. The van der Waals surface area contributed by atoms with Gasteiger partial charge < -0.3 is 4.84 Å². The Morgan fingerprint density at radius 3 is 2.35 bits per heavy atom. The highest BCUT2D eigenvalue weighted by Gasteiger charge is 2.38. The molecular weight excluding hydrogens is 393 g/mol. The summed E-state index contributed by atoms with van der Waals surface area (Å²) < 4.78 is 36.9. The van der Waals surface area contributed by atoms with Gasteiger partial charge >= 0.3 is 11.5 Å². The first-order valence-electron chi connectivity index (χ1n) is 7.06. The molecule has 0 bridgehead atoms. The number of halogens is 3. The number of imide groups is 1. The summed E-state index contributed by atoms with van der Waals surface area (Å²) in [5.41, 5.74) is -4.00. The van der Waals surface area contributed by atoms with Crippen LogP contribution in [0.5, 0.6) is 0 Å². The molecule has 136 valence electrons. The van der Waals surface area contributed by atoms with Crippen molar-refractivity contribution in [3.05, 3.63) is 46.0 Å². The SMILES string of the molecule is Cc1nc(SC(F)(F)F)sc1CC(=O)ON1C(=O)c2ccccc2C1=O. The van der Waals surface area contributed by atoms with Crippen LogP contribution in [0.25, 0.3) is 0 Å². The van der Waals surface area contributed by atoms with E-state index in [1.807, 2.05) is 0 Å². The van der Waals surface area contributed by atoms with E-state index in [9.17, 15) is 27.6 Å². The van der Waals surface area contributed by atoms with E-state index in [-0.39, 0.29) is 37.8 Å². The first-order valence-corrected chi connectivity index (χ1v) is 8.69. The quantitative estimate of drug-likeness (QED) is 0.577. The molecule has 2 amide bonds. The summed E-state index contributed by atoms with van der Waals surface area (Å²) in [4.78, 5) is 45.1. The minimum atomic E-state index is -4.48. The zero-order chi connectivity index (χ0) is 19.1. The number of fused-ring (bicyclic) bond motifs is 1. The third kappa shape index (κ3) is 3.73. The number of thiazole rings is 1. The highest BCUT2D eigenvalue weighted by atomic mass is 32.2. The van der Waals surface area contributed by atoms with E-state index in [2.05, 4.69) is 4.98 Å². The molecule has 0 atom stereocenters. The minimum absolute atomic E-state index is 0.114. The number of rotatable bonds is 4. The molecule has 6 nitrogen and oxygen atoms in total. The van der Waals surface area contributed by atoms with Crippen molar-refractivity contribution in [2.75, 3.05) is 0 Å². The molecule has 2 heterocycles. The van der Waals surface area contributed by atoms with Gasteiger partial charge in [0.05, 0.1) is 23.2 Å². The fourth-order valence-electron chi connectivity index (χ4n) is 2.22. The molecule has 2 aromatic rings. The van der Waals surface area contributed by atoms with Gasteiger partial charge in [-0.15, -0.1) is 11.3 Å². The van der Waals surface area contributed by atoms with Gasteiger partial charge in [0.15, 0.2) is 4.34 Å². The molecule has 1 aromatic heterocycles. The Labute approximate surface area is 152 Å². The van der Waals surface area contributed by atoms with Crippen LogP contribution in [0.2, 0.25) is 0 Å². The fourth-order valence-corrected chi connectivity index (χ4v) is 4.13. The van der Waals surface area contributed by atoms with Gasteiger partial charge in [0.25, 0.3) is 11.8 Å². The van der Waals surface area contributed by atoms with Gasteiger partial charge in [0, 0.05) is 16.6 Å². The number of aromatic nitrogens is 1. The molecular formula is C15H9F3N2O4S2. The summed E-state index contributed by atoms with van der Waals surface area (Å²) in [5.74, 6) is -2.49. The van der Waals surface area contributed by atoms with Gasteiger partial charge in [-0.2, -0.15) is 13.2 Å². The van der Waals surface area contributed by atoms with E-state index < -0.39 is 29.7 Å². The number of aryl methyl sites for hydroxylation is 1. The Balaban J connectivity index is 1.69. The largest absolute Gasteiger partial charge is 0.448 e. The number of nitrogens with zero attached hydrogens (tertiary/aromatic N) is 2. The third-order valence-electron chi connectivity index (χ3n) is 3.33. The number of hydrogen-bond acceptors (Lipinski definition) is 7. The van der Waals surface area contributed by atoms with Crippen LogP contribution in [0.4, 0.5) is 13.2 Å². The summed E-state index contributed by atoms with van der Waals surface area (Å²) in [6, 6.07) is 5.99. The summed E-state index contributed by atoms with van der Waals surface area (Å²) in [6.45, 7) is 1.46. The number of hydrogen-bond donors (Lipinski definition) is 0. The van der Waals surface area contributed by atoms with Gasteiger partial charge in [0.2, 0.25) is 0 Å². The smallest absolute Gasteiger partial charge is 0.329 e. The lowest BCUT2D eigenvalue weighted by atomic mass is 10.1. The normalized spacial score (nSPS) is 13.9. The maximum absolute atomic E-state index is 12.4. The van der Waals surface area contributed by atoms with Crippen LogP contribution in [0.1, 0.15) is 31.3 Å². The van der Waals surface area contributed by atoms with Crippen LogP contribution in [0.15, 0.2) is 28.6 Å². The molecule has 1 aliphatic heterocycles. The Morgan fingerprint density at radius 2 is 1.81 bits per heavy atom. The van der Waals surface area contributed by atoms with Crippen molar-refractivity contribution in [3.8, 4) is 0 Å². The van der Waals surface area contributed by atoms with Crippen molar-refractivity contribution in [3.63, 3.8) is 0 Å². The van der Waals surface area contributed by atoms with Crippen molar-refractivity contribution >= 4 is 40.9 Å². The van der Waals surface area contributed by atoms with Crippen molar-refractivity contribution in [1.29, 1.82) is 0 Å². The molecule has 0 radical (unpaired) electrons. The number of alkyl halides is 3. The number of carbonyl (C=O) groups is 3. The molecule has 0 fully saturated rings. The van der Waals surface area contributed by atoms with E-state index >= 15 is 0 Å². The molecule has 26 heavy (non-hydrogen) atoms. The number of hydroxylamine groups is 2. The first-order chi connectivity index (χ1) is 12.2. The zero-order valence-corrected chi connectivity index (χ0v) is 14.6. The standard InChI is InChI=1S/C15H9F3N2O4S2/c1-7-10(25-14(19-7)26-15(16,17)18)6-11(21)24-20-12(22)8-4-2-3-5-9(8)13(20)23/h2-5H,6H2,1H3. The Bertz CT molecular complexity index is 876. The van der Waals surface area contributed by atoms with Gasteiger partial charge in [-0.25, -0.2) is 9.78 Å². The monoisotopic (exact) mass is 402 g/mol. The second-order valence-corrected chi connectivity index (χ2v) is 7.52. The van der Waals surface area contributed by atoms with Crippen molar-refractivity contribution in [2.45, 2.75) is 23.2 Å². The Kier molecular flexibility index (Phi) is 4.76. The lowest BCUT2D eigenvalue weighted by Crippen LogP contribution is -2.33. The molecule has 0 unspecified atom stereocenters. The van der Waals surface area contributed by atoms with E-state index in [0.29, 0.717) is 16.4 Å². The topological polar surface area (TPSA) is 76.6 Å². The van der Waals surface area contributed by atoms with Crippen LogP contribution >= 0.6 is 23.1 Å². The molecule has 1 aromatic carbocycles. The van der Waals surface area contributed by atoms with Crippen molar-refractivity contribution in [1.82, 2.24) is 10.0 Å². The lowest BCUT2D eigenvalue weighted by molar-refractivity contribution is -0.167. The van der Waals surface area contributed by atoms with Crippen molar-refractivity contribution in [2.24, 2.45) is 0 Å². The molecule has 0 N–H and O–H groups in total. The average molecular weight is 402 g/mol. The lowest BCUT2D eigenvalue weighted by Gasteiger charge is -2.12. The van der Waals surface area contributed by atoms with Crippen LogP contribution in [-0.2, 0) is 16.1 Å². The van der Waals surface area contributed by atoms with Gasteiger partial charge in [-0.1, -0.05) is 17.2 Å². The summed E-state index contributed by atoms with van der Waals surface area (Å²) in [6.07, 6.45) is -0.407. The fraction of sp³-hybridized carbons (Fsp3) is 0.200. The van der Waals surface area contributed by atoms with E-state index in [1.54, 1.807) is 12.1 Å². The molecule has 0 saturated carbocycles. The van der Waals surface area contributed by atoms with Gasteiger partial charge in [-0.3, -0.25) is 9.59 Å². The highest BCUT2D eigenvalue weighted by molar-refractivity contribution is 8.01. The van der Waals surface area contributed by atoms with Crippen LogP contribution in [-0.4, -0.2) is 33.3 Å². The maximum atomic E-state index is 12.4. The maximum Gasteiger partial charge on any atom is 0.448 e. The first kappa shape index (κ1) is 18.4.